The molecule has 156 valence electrons. The molecule has 2 aromatic rings. The molecule has 0 atom stereocenters. The first-order valence-electron chi connectivity index (χ1n) is 10.6. The van der Waals surface area contributed by atoms with Gasteiger partial charge in [-0.05, 0) is 75.3 Å². The van der Waals surface area contributed by atoms with Gasteiger partial charge in [0.2, 0.25) is 5.88 Å². The number of aryl methyl sites for hydroxylation is 1. The quantitative estimate of drug-likeness (QED) is 0.765. The second-order valence-corrected chi connectivity index (χ2v) is 9.24. The van der Waals surface area contributed by atoms with Gasteiger partial charge in [-0.25, -0.2) is 4.79 Å². The third-order valence-corrected chi connectivity index (χ3v) is 7.00. The topological polar surface area (TPSA) is 97.3 Å². The average Bonchev–Trinajstić information content (AvgIpc) is 3.32. The molecule has 7 heteroatoms. The molecule has 2 aromatic heterocycles. The van der Waals surface area contributed by atoms with Gasteiger partial charge in [-0.1, -0.05) is 0 Å². The Morgan fingerprint density at radius 1 is 1.20 bits per heavy atom. The SMILES string of the molecule is Cc1oc(-n2cccc2)c(C#N)c1C(=O)OCC(=O)NC12CC3CC(CC(C3)C1)C2. The smallest absolute Gasteiger partial charge is 0.343 e. The summed E-state index contributed by atoms with van der Waals surface area (Å²) in [4.78, 5) is 25.3. The molecule has 0 aliphatic heterocycles. The van der Waals surface area contributed by atoms with Gasteiger partial charge in [0.25, 0.3) is 5.91 Å². The van der Waals surface area contributed by atoms with Crippen molar-refractivity contribution >= 4 is 11.9 Å². The van der Waals surface area contributed by atoms with Gasteiger partial charge in [-0.2, -0.15) is 5.26 Å². The van der Waals surface area contributed by atoms with Crippen molar-refractivity contribution in [1.29, 1.82) is 5.26 Å². The summed E-state index contributed by atoms with van der Waals surface area (Å²) in [5.41, 5.74) is 0.0578. The zero-order chi connectivity index (χ0) is 20.9. The minimum absolute atomic E-state index is 0.0730. The van der Waals surface area contributed by atoms with E-state index in [0.717, 1.165) is 37.0 Å². The summed E-state index contributed by atoms with van der Waals surface area (Å²) in [5.74, 6) is 1.74. The lowest BCUT2D eigenvalue weighted by Gasteiger charge is -2.56. The lowest BCUT2D eigenvalue weighted by Crippen LogP contribution is -2.60. The minimum Gasteiger partial charge on any atom is -0.452 e. The first kappa shape index (κ1) is 19.0. The number of ether oxygens (including phenoxy) is 1. The number of amides is 1. The predicted molar refractivity (Wildman–Crippen MR) is 107 cm³/mol. The molecule has 1 N–H and O–H groups in total. The van der Waals surface area contributed by atoms with E-state index in [4.69, 9.17) is 9.15 Å². The van der Waals surface area contributed by atoms with Crippen LogP contribution in [0.4, 0.5) is 0 Å². The Kier molecular flexibility index (Phi) is 4.46. The standard InChI is InChI=1S/C23H25N3O4/c1-14-20(18(12-24)21(30-14)26-4-2-3-5-26)22(28)29-13-19(27)25-23-9-15-6-16(10-23)8-17(7-15)11-23/h2-5,15-17H,6-11,13H2,1H3,(H,25,27). The Hall–Kier alpha value is -3.01. The summed E-state index contributed by atoms with van der Waals surface area (Å²) < 4.78 is 12.6. The second kappa shape index (κ2) is 7.05. The van der Waals surface area contributed by atoms with Crippen molar-refractivity contribution in [3.05, 3.63) is 41.4 Å². The van der Waals surface area contributed by atoms with Gasteiger partial charge < -0.3 is 14.5 Å². The highest BCUT2D eigenvalue weighted by Gasteiger charge is 2.51. The van der Waals surface area contributed by atoms with Gasteiger partial charge >= 0.3 is 5.97 Å². The highest BCUT2D eigenvalue weighted by Crippen LogP contribution is 2.55. The van der Waals surface area contributed by atoms with Gasteiger partial charge in [0.15, 0.2) is 6.61 Å². The zero-order valence-electron chi connectivity index (χ0n) is 17.0. The molecule has 4 aliphatic carbocycles. The lowest BCUT2D eigenvalue weighted by molar-refractivity contribution is -0.130. The van der Waals surface area contributed by atoms with Crippen molar-refractivity contribution in [2.45, 2.75) is 51.0 Å². The Labute approximate surface area is 175 Å². The number of nitrogens with zero attached hydrogens (tertiary/aromatic N) is 2. The molecule has 0 saturated heterocycles. The number of rotatable bonds is 5. The van der Waals surface area contributed by atoms with Crippen LogP contribution in [0.1, 0.15) is 60.2 Å². The van der Waals surface area contributed by atoms with Gasteiger partial charge in [0, 0.05) is 17.9 Å². The van der Waals surface area contributed by atoms with Gasteiger partial charge in [0.1, 0.15) is 23.0 Å². The fourth-order valence-electron chi connectivity index (χ4n) is 6.33. The Morgan fingerprint density at radius 2 is 1.80 bits per heavy atom. The summed E-state index contributed by atoms with van der Waals surface area (Å²) >= 11 is 0. The number of hydrogen-bond acceptors (Lipinski definition) is 5. The molecule has 4 bridgehead atoms. The summed E-state index contributed by atoms with van der Waals surface area (Å²) in [6.07, 6.45) is 10.5. The molecule has 7 nitrogen and oxygen atoms in total. The fraction of sp³-hybridized carbons (Fsp3) is 0.522. The molecule has 30 heavy (non-hydrogen) atoms. The first-order chi connectivity index (χ1) is 14.5. The third-order valence-electron chi connectivity index (χ3n) is 7.00. The van der Waals surface area contributed by atoms with E-state index in [1.54, 1.807) is 36.0 Å². The number of furan rings is 1. The maximum absolute atomic E-state index is 12.7. The first-order valence-corrected chi connectivity index (χ1v) is 10.6. The molecule has 0 radical (unpaired) electrons. The summed E-state index contributed by atoms with van der Waals surface area (Å²) in [7, 11) is 0. The number of aromatic nitrogens is 1. The van der Waals surface area contributed by atoms with E-state index >= 15 is 0 Å². The maximum atomic E-state index is 12.7. The number of nitriles is 1. The van der Waals surface area contributed by atoms with Crippen LogP contribution in [0.5, 0.6) is 0 Å². The molecule has 4 saturated carbocycles. The van der Waals surface area contributed by atoms with Crippen LogP contribution < -0.4 is 5.32 Å². The van der Waals surface area contributed by atoms with Crippen molar-refractivity contribution in [1.82, 2.24) is 9.88 Å². The molecular formula is C23H25N3O4. The largest absolute Gasteiger partial charge is 0.452 e. The van der Waals surface area contributed by atoms with Gasteiger partial charge in [-0.3, -0.25) is 9.36 Å². The molecule has 2 heterocycles. The van der Waals surface area contributed by atoms with Crippen LogP contribution in [0.3, 0.4) is 0 Å². The van der Waals surface area contributed by atoms with Crippen LogP contribution in [-0.4, -0.2) is 28.6 Å². The Bertz CT molecular complexity index is 992. The van der Waals surface area contributed by atoms with E-state index in [2.05, 4.69) is 5.32 Å². The van der Waals surface area contributed by atoms with Gasteiger partial charge in [0.05, 0.1) is 0 Å². The zero-order valence-corrected chi connectivity index (χ0v) is 17.0. The van der Waals surface area contributed by atoms with E-state index in [1.165, 1.54) is 19.3 Å². The van der Waals surface area contributed by atoms with E-state index in [9.17, 15) is 14.9 Å². The molecule has 0 unspecified atom stereocenters. The monoisotopic (exact) mass is 407 g/mol. The molecule has 4 fully saturated rings. The number of carbonyl (C=O) groups is 2. The minimum atomic E-state index is -0.716. The number of nitrogens with one attached hydrogen (secondary N) is 1. The highest BCUT2D eigenvalue weighted by molar-refractivity contribution is 5.95. The summed E-state index contributed by atoms with van der Waals surface area (Å²) in [6, 6.07) is 5.62. The van der Waals surface area contributed by atoms with Crippen LogP contribution in [-0.2, 0) is 9.53 Å². The summed E-state index contributed by atoms with van der Waals surface area (Å²) in [5, 5.41) is 12.8. The number of carbonyl (C=O) groups excluding carboxylic acids is 2. The van der Waals surface area contributed by atoms with E-state index in [0.29, 0.717) is 5.76 Å². The molecular weight excluding hydrogens is 382 g/mol. The van der Waals surface area contributed by atoms with Crippen LogP contribution >= 0.6 is 0 Å². The number of esters is 1. The molecule has 1 amide bonds. The van der Waals surface area contributed by atoms with E-state index in [1.807, 2.05) is 6.07 Å². The molecule has 4 aliphatic rings. The van der Waals surface area contributed by atoms with E-state index in [-0.39, 0.29) is 35.1 Å². The third kappa shape index (κ3) is 3.20. The lowest BCUT2D eigenvalue weighted by atomic mass is 9.53. The van der Waals surface area contributed by atoms with Crippen LogP contribution in [0.15, 0.2) is 28.9 Å². The van der Waals surface area contributed by atoms with Crippen molar-refractivity contribution in [2.24, 2.45) is 17.8 Å². The van der Waals surface area contributed by atoms with Crippen LogP contribution in [0, 0.1) is 36.0 Å². The van der Waals surface area contributed by atoms with Crippen molar-refractivity contribution in [3.8, 4) is 12.0 Å². The Morgan fingerprint density at radius 3 is 2.37 bits per heavy atom. The highest BCUT2D eigenvalue weighted by atomic mass is 16.5. The molecule has 0 aromatic carbocycles. The van der Waals surface area contributed by atoms with E-state index < -0.39 is 5.97 Å². The summed E-state index contributed by atoms with van der Waals surface area (Å²) in [6.45, 7) is 1.26. The molecule has 0 spiro atoms. The fourth-order valence-corrected chi connectivity index (χ4v) is 6.33. The second-order valence-electron chi connectivity index (χ2n) is 9.24. The normalized spacial score (nSPS) is 28.9. The van der Waals surface area contributed by atoms with Crippen LogP contribution in [0.2, 0.25) is 0 Å². The Balaban J connectivity index is 1.26. The average molecular weight is 407 g/mol. The van der Waals surface area contributed by atoms with Crippen molar-refractivity contribution < 1.29 is 18.7 Å². The van der Waals surface area contributed by atoms with Crippen molar-refractivity contribution in [3.63, 3.8) is 0 Å². The van der Waals surface area contributed by atoms with Crippen molar-refractivity contribution in [2.75, 3.05) is 6.61 Å². The van der Waals surface area contributed by atoms with Crippen LogP contribution in [0.25, 0.3) is 5.88 Å². The van der Waals surface area contributed by atoms with Gasteiger partial charge in [-0.15, -0.1) is 0 Å². The number of hydrogen-bond donors (Lipinski definition) is 1. The maximum Gasteiger partial charge on any atom is 0.343 e. The predicted octanol–water partition coefficient (Wildman–Crippen LogP) is 3.49. The molecule has 6 rings (SSSR count).